The fraction of sp³-hybridized carbons (Fsp3) is 0.500. The first-order valence-corrected chi connectivity index (χ1v) is 10.7. The van der Waals surface area contributed by atoms with Gasteiger partial charge in [-0.05, 0) is 18.8 Å². The van der Waals surface area contributed by atoms with Crippen molar-refractivity contribution in [1.82, 2.24) is 19.4 Å². The van der Waals surface area contributed by atoms with Crippen LogP contribution < -0.4 is 4.74 Å². The highest BCUT2D eigenvalue weighted by Gasteiger charge is 2.55. The molecule has 2 aliphatic carbocycles. The Morgan fingerprint density at radius 1 is 1.18 bits per heavy atom. The van der Waals surface area contributed by atoms with Crippen LogP contribution in [0.2, 0.25) is 5.02 Å². The highest BCUT2D eigenvalue weighted by Crippen LogP contribution is 2.50. The van der Waals surface area contributed by atoms with E-state index in [2.05, 4.69) is 9.84 Å². The first-order chi connectivity index (χ1) is 16.0. The van der Waals surface area contributed by atoms with Crippen molar-refractivity contribution in [2.24, 2.45) is 11.8 Å². The number of aromatic nitrogens is 2. The number of amides is 2. The fourth-order valence-electron chi connectivity index (χ4n) is 4.73. The van der Waals surface area contributed by atoms with Gasteiger partial charge in [0.2, 0.25) is 5.91 Å². The number of nitrogens with zero attached hydrogens (tertiary/aromatic N) is 4. The van der Waals surface area contributed by atoms with Crippen LogP contribution in [-0.4, -0.2) is 69.3 Å². The Bertz CT molecular complexity index is 1220. The molecule has 182 valence electrons. The maximum absolute atomic E-state index is 13.5. The summed E-state index contributed by atoms with van der Waals surface area (Å²) in [5.74, 6) is -1.81. The molecular weight excluding hydrogens is 491 g/mol. The van der Waals surface area contributed by atoms with Gasteiger partial charge in [-0.15, -0.1) is 0 Å². The molecule has 14 heteroatoms. The van der Waals surface area contributed by atoms with Crippen molar-refractivity contribution in [1.29, 1.82) is 0 Å². The van der Waals surface area contributed by atoms with E-state index >= 15 is 0 Å². The minimum Gasteiger partial charge on any atom is -0.435 e. The van der Waals surface area contributed by atoms with Gasteiger partial charge in [0.15, 0.2) is 11.5 Å². The zero-order valence-electron chi connectivity index (χ0n) is 17.2. The van der Waals surface area contributed by atoms with Crippen LogP contribution in [0.3, 0.4) is 0 Å². The van der Waals surface area contributed by atoms with Gasteiger partial charge >= 0.3 is 12.8 Å². The highest BCUT2D eigenvalue weighted by atomic mass is 35.5. The summed E-state index contributed by atoms with van der Waals surface area (Å²) in [6, 6.07) is 0.630. The molecule has 0 aromatic carbocycles. The number of rotatable bonds is 4. The number of carbonyl (C=O) groups excluding carboxylic acids is 3. The van der Waals surface area contributed by atoms with E-state index in [1.54, 1.807) is 0 Å². The van der Waals surface area contributed by atoms with Crippen LogP contribution in [0.1, 0.15) is 29.0 Å². The molecule has 3 fully saturated rings. The Balaban J connectivity index is 1.42. The van der Waals surface area contributed by atoms with Crippen molar-refractivity contribution in [2.45, 2.75) is 31.7 Å². The van der Waals surface area contributed by atoms with Gasteiger partial charge in [0, 0.05) is 31.1 Å². The van der Waals surface area contributed by atoms with E-state index in [-0.39, 0.29) is 24.8 Å². The van der Waals surface area contributed by atoms with E-state index in [4.69, 9.17) is 11.6 Å². The molecule has 3 heterocycles. The second-order valence-electron chi connectivity index (χ2n) is 8.48. The van der Waals surface area contributed by atoms with E-state index in [0.717, 1.165) is 17.4 Å². The molecule has 2 aromatic rings. The SMILES string of the molecule is O=C1[C@H]2C[C@H]2C[C@@H]1N1CCN(C(=O)c2nn3c(C(F)(F)F)cc(OC(F)F)cc3c2Cl)CC1=O. The molecule has 0 radical (unpaired) electrons. The van der Waals surface area contributed by atoms with Crippen LogP contribution in [-0.2, 0) is 15.8 Å². The van der Waals surface area contributed by atoms with E-state index in [9.17, 15) is 36.3 Å². The van der Waals surface area contributed by atoms with Crippen molar-refractivity contribution >= 4 is 34.7 Å². The number of hydrogen-bond acceptors (Lipinski definition) is 5. The van der Waals surface area contributed by atoms with Crippen molar-refractivity contribution in [3.63, 3.8) is 0 Å². The number of piperazine rings is 1. The van der Waals surface area contributed by atoms with E-state index < -0.39 is 64.9 Å². The molecule has 3 atom stereocenters. The lowest BCUT2D eigenvalue weighted by molar-refractivity contribution is -0.143. The number of alkyl halides is 5. The van der Waals surface area contributed by atoms with Crippen LogP contribution in [0, 0.1) is 11.8 Å². The van der Waals surface area contributed by atoms with Gasteiger partial charge in [-0.3, -0.25) is 14.4 Å². The summed E-state index contributed by atoms with van der Waals surface area (Å²) in [6.45, 7) is -3.66. The van der Waals surface area contributed by atoms with Gasteiger partial charge in [-0.2, -0.15) is 27.1 Å². The number of carbonyl (C=O) groups is 3. The molecule has 0 unspecified atom stereocenters. The number of fused-ring (bicyclic) bond motifs is 2. The second-order valence-corrected chi connectivity index (χ2v) is 8.86. The topological polar surface area (TPSA) is 84.2 Å². The van der Waals surface area contributed by atoms with Gasteiger partial charge in [0.05, 0.1) is 16.6 Å². The molecule has 0 spiro atoms. The number of ketones is 1. The largest absolute Gasteiger partial charge is 0.435 e. The molecule has 2 saturated carbocycles. The highest BCUT2D eigenvalue weighted by molar-refractivity contribution is 6.36. The van der Waals surface area contributed by atoms with Crippen molar-refractivity contribution in [3.8, 4) is 5.75 Å². The smallest absolute Gasteiger partial charge is 0.433 e. The van der Waals surface area contributed by atoms with Crippen molar-refractivity contribution in [2.75, 3.05) is 19.6 Å². The summed E-state index contributed by atoms with van der Waals surface area (Å²) in [5.41, 5.74) is -2.50. The predicted octanol–water partition coefficient (Wildman–Crippen LogP) is 2.87. The third-order valence-electron chi connectivity index (χ3n) is 6.43. The fourth-order valence-corrected chi connectivity index (χ4v) is 4.98. The Kier molecular flexibility index (Phi) is 5.22. The van der Waals surface area contributed by atoms with Crippen LogP contribution >= 0.6 is 11.6 Å². The van der Waals surface area contributed by atoms with Gasteiger partial charge in [-0.25, -0.2) is 4.52 Å². The third-order valence-corrected chi connectivity index (χ3v) is 6.80. The number of hydrogen-bond donors (Lipinski definition) is 0. The first-order valence-electron chi connectivity index (χ1n) is 10.3. The van der Waals surface area contributed by atoms with E-state index in [1.165, 1.54) is 4.90 Å². The third kappa shape index (κ3) is 3.75. The van der Waals surface area contributed by atoms with Crippen LogP contribution in [0.4, 0.5) is 22.0 Å². The Morgan fingerprint density at radius 2 is 1.91 bits per heavy atom. The number of Topliss-reactive ketones (excluding diaryl/α,β-unsaturated/α-hetero) is 1. The molecule has 1 aliphatic heterocycles. The Labute approximate surface area is 193 Å². The number of pyridine rings is 1. The molecule has 0 bridgehead atoms. The number of halogens is 6. The minimum absolute atomic E-state index is 0.0102. The summed E-state index contributed by atoms with van der Waals surface area (Å²) >= 11 is 6.13. The lowest BCUT2D eigenvalue weighted by atomic mass is 10.1. The molecule has 34 heavy (non-hydrogen) atoms. The molecule has 5 rings (SSSR count). The van der Waals surface area contributed by atoms with Gasteiger partial charge in [0.25, 0.3) is 5.91 Å². The zero-order valence-corrected chi connectivity index (χ0v) is 17.9. The van der Waals surface area contributed by atoms with Crippen molar-refractivity contribution in [3.05, 3.63) is 28.5 Å². The summed E-state index contributed by atoms with van der Waals surface area (Å²) in [4.78, 5) is 40.5. The molecular formula is C20H16ClF5N4O4. The average molecular weight is 507 g/mol. The average Bonchev–Trinajstić information content (AvgIpc) is 3.36. The zero-order chi connectivity index (χ0) is 24.5. The molecule has 0 N–H and O–H groups in total. The summed E-state index contributed by atoms with van der Waals surface area (Å²) in [7, 11) is 0. The Morgan fingerprint density at radius 3 is 2.50 bits per heavy atom. The normalized spacial score (nSPS) is 24.9. The van der Waals surface area contributed by atoms with Crippen LogP contribution in [0.5, 0.6) is 5.75 Å². The van der Waals surface area contributed by atoms with Gasteiger partial charge in [0.1, 0.15) is 18.0 Å². The minimum atomic E-state index is -5.02. The maximum Gasteiger partial charge on any atom is 0.433 e. The Hall–Kier alpha value is -2.96. The molecule has 2 amide bonds. The molecule has 8 nitrogen and oxygen atoms in total. The summed E-state index contributed by atoms with van der Waals surface area (Å²) < 4.78 is 70.1. The lowest BCUT2D eigenvalue weighted by Gasteiger charge is -2.37. The van der Waals surface area contributed by atoms with Crippen LogP contribution in [0.15, 0.2) is 12.1 Å². The number of ether oxygens (including phenoxy) is 1. The molecule has 3 aliphatic rings. The summed E-state index contributed by atoms with van der Waals surface area (Å²) in [5, 5.41) is 3.17. The van der Waals surface area contributed by atoms with Gasteiger partial charge < -0.3 is 14.5 Å². The van der Waals surface area contributed by atoms with Gasteiger partial charge in [-0.1, -0.05) is 11.6 Å². The van der Waals surface area contributed by atoms with Crippen molar-refractivity contribution < 1.29 is 41.1 Å². The van der Waals surface area contributed by atoms with E-state index in [0.29, 0.717) is 22.9 Å². The monoisotopic (exact) mass is 506 g/mol. The standard InChI is InChI=1S/C20H16ClF5N4O4/c21-15-11-5-9(34-19(22)23)6-13(20(24,25)26)30(11)27-16(15)18(33)28-1-2-29(14(31)7-28)12-4-8-3-10(8)17(12)32/h5-6,8,10,12,19H,1-4,7H2/t8-,10-,12-/m0/s1. The molecule has 2 aromatic heterocycles. The second kappa shape index (κ2) is 7.79. The predicted molar refractivity (Wildman–Crippen MR) is 104 cm³/mol. The van der Waals surface area contributed by atoms with E-state index in [1.807, 2.05) is 0 Å². The quantitative estimate of drug-likeness (QED) is 0.596. The van der Waals surface area contributed by atoms with Crippen LogP contribution in [0.25, 0.3) is 5.52 Å². The summed E-state index contributed by atoms with van der Waals surface area (Å²) in [6.07, 6.45) is -3.57. The lowest BCUT2D eigenvalue weighted by Crippen LogP contribution is -2.56. The molecule has 1 saturated heterocycles. The first kappa shape index (κ1) is 22.8. The maximum atomic E-state index is 13.5.